The van der Waals surface area contributed by atoms with Gasteiger partial charge >= 0.3 is 0 Å². The standard InChI is InChI=1S/C13H19NS.ClH/c1-15-12-6-5-10-3-2-4-11(7-8-14)13(10)9-12;/h5-6,9,11H,2-4,7-8,14H2,1H3;1H. The first-order chi connectivity index (χ1) is 7.35. The molecule has 16 heavy (non-hydrogen) atoms. The van der Waals surface area contributed by atoms with Crippen molar-refractivity contribution in [3.05, 3.63) is 29.3 Å². The summed E-state index contributed by atoms with van der Waals surface area (Å²) >= 11 is 1.83. The molecule has 0 fully saturated rings. The molecule has 1 unspecified atom stereocenters. The molecule has 90 valence electrons. The molecule has 3 heteroatoms. The molecule has 0 aliphatic heterocycles. The van der Waals surface area contributed by atoms with Gasteiger partial charge in [0.1, 0.15) is 0 Å². The highest BCUT2D eigenvalue weighted by molar-refractivity contribution is 7.98. The van der Waals surface area contributed by atoms with Crippen LogP contribution in [0, 0.1) is 0 Å². The first-order valence-corrected chi connectivity index (χ1v) is 6.94. The summed E-state index contributed by atoms with van der Waals surface area (Å²) in [6.07, 6.45) is 7.19. The van der Waals surface area contributed by atoms with E-state index >= 15 is 0 Å². The van der Waals surface area contributed by atoms with Crippen molar-refractivity contribution in [1.82, 2.24) is 0 Å². The number of rotatable bonds is 3. The zero-order valence-corrected chi connectivity index (χ0v) is 11.4. The highest BCUT2D eigenvalue weighted by atomic mass is 35.5. The van der Waals surface area contributed by atoms with Crippen LogP contribution in [0.3, 0.4) is 0 Å². The normalized spacial score (nSPS) is 18.8. The zero-order valence-electron chi connectivity index (χ0n) is 9.74. The fourth-order valence-electron chi connectivity index (χ4n) is 2.50. The van der Waals surface area contributed by atoms with Crippen molar-refractivity contribution in [3.63, 3.8) is 0 Å². The Hall–Kier alpha value is -0.180. The Bertz CT molecular complexity index is 341. The molecule has 0 amide bonds. The van der Waals surface area contributed by atoms with Crippen LogP contribution in [0.1, 0.15) is 36.3 Å². The van der Waals surface area contributed by atoms with E-state index in [0.29, 0.717) is 5.92 Å². The molecule has 1 aromatic carbocycles. The van der Waals surface area contributed by atoms with Crippen molar-refractivity contribution < 1.29 is 0 Å². The van der Waals surface area contributed by atoms with Crippen molar-refractivity contribution in [1.29, 1.82) is 0 Å². The van der Waals surface area contributed by atoms with Crippen LogP contribution in [0.2, 0.25) is 0 Å². The summed E-state index contributed by atoms with van der Waals surface area (Å²) < 4.78 is 0. The molecule has 1 aliphatic rings. The second kappa shape index (κ2) is 6.53. The molecule has 0 aromatic heterocycles. The van der Waals surface area contributed by atoms with E-state index in [1.165, 1.54) is 24.2 Å². The van der Waals surface area contributed by atoms with Gasteiger partial charge in [-0.3, -0.25) is 0 Å². The fourth-order valence-corrected chi connectivity index (χ4v) is 2.95. The number of aryl methyl sites for hydroxylation is 1. The third-order valence-electron chi connectivity index (χ3n) is 3.31. The summed E-state index contributed by atoms with van der Waals surface area (Å²) in [5.41, 5.74) is 8.80. The van der Waals surface area contributed by atoms with Crippen molar-refractivity contribution in [2.45, 2.75) is 36.5 Å². The second-order valence-corrected chi connectivity index (χ2v) is 5.11. The number of thioether (sulfide) groups is 1. The predicted octanol–water partition coefficient (Wildman–Crippen LogP) is 3.60. The van der Waals surface area contributed by atoms with Gasteiger partial charge in [0.2, 0.25) is 0 Å². The summed E-state index contributed by atoms with van der Waals surface area (Å²) in [6, 6.07) is 6.93. The number of hydrogen-bond donors (Lipinski definition) is 1. The quantitative estimate of drug-likeness (QED) is 0.838. The van der Waals surface area contributed by atoms with E-state index in [1.807, 2.05) is 11.8 Å². The lowest BCUT2D eigenvalue weighted by atomic mass is 9.81. The zero-order chi connectivity index (χ0) is 10.7. The Kier molecular flexibility index (Phi) is 5.67. The Labute approximate surface area is 109 Å². The molecule has 0 saturated carbocycles. The van der Waals surface area contributed by atoms with Gasteiger partial charge in [-0.15, -0.1) is 24.2 Å². The maximum atomic E-state index is 5.68. The van der Waals surface area contributed by atoms with Crippen molar-refractivity contribution in [2.75, 3.05) is 12.8 Å². The topological polar surface area (TPSA) is 26.0 Å². The minimum absolute atomic E-state index is 0. The van der Waals surface area contributed by atoms with Crippen LogP contribution in [0.4, 0.5) is 0 Å². The van der Waals surface area contributed by atoms with Gasteiger partial charge in [0, 0.05) is 4.90 Å². The van der Waals surface area contributed by atoms with Gasteiger partial charge in [0.15, 0.2) is 0 Å². The van der Waals surface area contributed by atoms with Gasteiger partial charge < -0.3 is 5.73 Å². The maximum absolute atomic E-state index is 5.68. The molecule has 1 aliphatic carbocycles. The minimum atomic E-state index is 0. The van der Waals surface area contributed by atoms with Crippen molar-refractivity contribution >= 4 is 24.2 Å². The monoisotopic (exact) mass is 257 g/mol. The lowest BCUT2D eigenvalue weighted by Crippen LogP contribution is -2.13. The van der Waals surface area contributed by atoms with E-state index in [0.717, 1.165) is 13.0 Å². The van der Waals surface area contributed by atoms with Gasteiger partial charge in [-0.05, 0) is 67.7 Å². The summed E-state index contributed by atoms with van der Waals surface area (Å²) in [4.78, 5) is 1.39. The molecule has 1 nitrogen and oxygen atoms in total. The molecule has 2 N–H and O–H groups in total. The Morgan fingerprint density at radius 3 is 2.94 bits per heavy atom. The molecule has 0 bridgehead atoms. The molecule has 0 saturated heterocycles. The first kappa shape index (κ1) is 13.9. The smallest absolute Gasteiger partial charge is 0.00721 e. The van der Waals surface area contributed by atoms with Crippen LogP contribution in [-0.2, 0) is 6.42 Å². The summed E-state index contributed by atoms with van der Waals surface area (Å²) in [5.74, 6) is 0.714. The summed E-state index contributed by atoms with van der Waals surface area (Å²) in [5, 5.41) is 0. The van der Waals surface area contributed by atoms with Crippen LogP contribution < -0.4 is 5.73 Å². The number of halogens is 1. The van der Waals surface area contributed by atoms with Gasteiger partial charge in [-0.2, -0.15) is 0 Å². The largest absolute Gasteiger partial charge is 0.330 e. The molecular weight excluding hydrogens is 238 g/mol. The summed E-state index contributed by atoms with van der Waals surface area (Å²) in [6.45, 7) is 0.813. The van der Waals surface area contributed by atoms with Gasteiger partial charge in [-0.25, -0.2) is 0 Å². The van der Waals surface area contributed by atoms with Crippen molar-refractivity contribution in [3.8, 4) is 0 Å². The summed E-state index contributed by atoms with van der Waals surface area (Å²) in [7, 11) is 0. The van der Waals surface area contributed by atoms with E-state index in [4.69, 9.17) is 5.73 Å². The molecule has 2 rings (SSSR count). The van der Waals surface area contributed by atoms with E-state index in [1.54, 1.807) is 11.1 Å². The average Bonchev–Trinajstić information content (AvgIpc) is 2.29. The van der Waals surface area contributed by atoms with E-state index in [-0.39, 0.29) is 12.4 Å². The van der Waals surface area contributed by atoms with Crippen molar-refractivity contribution in [2.24, 2.45) is 5.73 Å². The number of nitrogens with two attached hydrogens (primary N) is 1. The lowest BCUT2D eigenvalue weighted by molar-refractivity contribution is 0.525. The molecule has 0 radical (unpaired) electrons. The van der Waals surface area contributed by atoms with E-state index < -0.39 is 0 Å². The Morgan fingerprint density at radius 2 is 2.25 bits per heavy atom. The van der Waals surface area contributed by atoms with Crippen LogP contribution in [0.5, 0.6) is 0 Å². The maximum Gasteiger partial charge on any atom is 0.00721 e. The van der Waals surface area contributed by atoms with E-state index in [9.17, 15) is 0 Å². The molecule has 1 atom stereocenters. The van der Waals surface area contributed by atoms with Gasteiger partial charge in [-0.1, -0.05) is 6.07 Å². The second-order valence-electron chi connectivity index (χ2n) is 4.23. The minimum Gasteiger partial charge on any atom is -0.330 e. The Balaban J connectivity index is 0.00000128. The number of fused-ring (bicyclic) bond motifs is 1. The van der Waals surface area contributed by atoms with Crippen LogP contribution >= 0.6 is 24.2 Å². The fraction of sp³-hybridized carbons (Fsp3) is 0.538. The average molecular weight is 258 g/mol. The SMILES string of the molecule is CSc1ccc2c(c1)C(CCN)CCC2.Cl. The van der Waals surface area contributed by atoms with Crippen LogP contribution in [-0.4, -0.2) is 12.8 Å². The number of hydrogen-bond acceptors (Lipinski definition) is 2. The highest BCUT2D eigenvalue weighted by Gasteiger charge is 2.19. The first-order valence-electron chi connectivity index (χ1n) is 5.72. The predicted molar refractivity (Wildman–Crippen MR) is 74.8 cm³/mol. The lowest BCUT2D eigenvalue weighted by Gasteiger charge is -2.25. The molecule has 0 spiro atoms. The van der Waals surface area contributed by atoms with Gasteiger partial charge in [0.05, 0.1) is 0 Å². The van der Waals surface area contributed by atoms with Crippen LogP contribution in [0.15, 0.2) is 23.1 Å². The highest BCUT2D eigenvalue weighted by Crippen LogP contribution is 2.35. The molecule has 1 aromatic rings. The number of benzene rings is 1. The third-order valence-corrected chi connectivity index (χ3v) is 4.03. The molecular formula is C13H20ClNS. The Morgan fingerprint density at radius 1 is 1.44 bits per heavy atom. The van der Waals surface area contributed by atoms with Gasteiger partial charge in [0.25, 0.3) is 0 Å². The third kappa shape index (κ3) is 2.93. The van der Waals surface area contributed by atoms with E-state index in [2.05, 4.69) is 24.5 Å². The van der Waals surface area contributed by atoms with Crippen LogP contribution in [0.25, 0.3) is 0 Å². The molecule has 0 heterocycles.